The average molecular weight is 239 g/mol. The van der Waals surface area contributed by atoms with Gasteiger partial charge in [-0.05, 0) is 37.4 Å². The van der Waals surface area contributed by atoms with Crippen LogP contribution < -0.4 is 5.32 Å². The maximum atomic E-state index is 3.57. The Bertz CT molecular complexity index is 436. The summed E-state index contributed by atoms with van der Waals surface area (Å²) in [6.45, 7) is 3.28. The van der Waals surface area contributed by atoms with Crippen molar-refractivity contribution in [2.24, 2.45) is 0 Å². The smallest absolute Gasteiger partial charge is 0.0291 e. The fourth-order valence-electron chi connectivity index (χ4n) is 2.12. The van der Waals surface area contributed by atoms with Gasteiger partial charge in [0.2, 0.25) is 0 Å². The molecule has 2 rings (SSSR count). The van der Waals surface area contributed by atoms with Gasteiger partial charge in [-0.15, -0.1) is 0 Å². The molecule has 0 aromatic heterocycles. The van der Waals surface area contributed by atoms with Crippen LogP contribution in [0, 0.1) is 0 Å². The van der Waals surface area contributed by atoms with Crippen molar-refractivity contribution < 1.29 is 0 Å². The standard InChI is InChI=1S/C17H21N/c1-15(17-12-6-3-7-13-17)18-14-8-11-16-9-4-2-5-10-16/h2-7,9-10,12-13,15,18H,8,11,14H2,1H3/t15-/m0/s1. The van der Waals surface area contributed by atoms with Crippen LogP contribution in [0.25, 0.3) is 0 Å². The van der Waals surface area contributed by atoms with Crippen LogP contribution in [0.4, 0.5) is 0 Å². The van der Waals surface area contributed by atoms with Crippen LogP contribution in [-0.2, 0) is 6.42 Å². The van der Waals surface area contributed by atoms with Crippen molar-refractivity contribution >= 4 is 0 Å². The van der Waals surface area contributed by atoms with Crippen LogP contribution >= 0.6 is 0 Å². The second kappa shape index (κ2) is 6.97. The van der Waals surface area contributed by atoms with E-state index >= 15 is 0 Å². The molecule has 0 heterocycles. The van der Waals surface area contributed by atoms with Crippen LogP contribution in [0.15, 0.2) is 60.7 Å². The lowest BCUT2D eigenvalue weighted by Gasteiger charge is -2.14. The fourth-order valence-corrected chi connectivity index (χ4v) is 2.12. The van der Waals surface area contributed by atoms with Crippen molar-refractivity contribution in [1.82, 2.24) is 5.32 Å². The van der Waals surface area contributed by atoms with E-state index in [1.807, 2.05) is 0 Å². The second-order valence-electron chi connectivity index (χ2n) is 4.68. The summed E-state index contributed by atoms with van der Waals surface area (Å²) in [4.78, 5) is 0. The maximum Gasteiger partial charge on any atom is 0.0291 e. The van der Waals surface area contributed by atoms with Crippen LogP contribution in [0.5, 0.6) is 0 Å². The molecule has 0 fully saturated rings. The number of hydrogen-bond acceptors (Lipinski definition) is 1. The highest BCUT2D eigenvalue weighted by molar-refractivity contribution is 5.18. The minimum absolute atomic E-state index is 0.432. The maximum absolute atomic E-state index is 3.57. The van der Waals surface area contributed by atoms with Gasteiger partial charge in [-0.3, -0.25) is 0 Å². The van der Waals surface area contributed by atoms with Crippen molar-refractivity contribution in [3.05, 3.63) is 71.8 Å². The van der Waals surface area contributed by atoms with Gasteiger partial charge in [0.25, 0.3) is 0 Å². The normalized spacial score (nSPS) is 12.3. The number of aryl methyl sites for hydroxylation is 1. The SMILES string of the molecule is C[C@H](NCCCc1ccccc1)c1ccccc1. The Kier molecular flexibility index (Phi) is 4.98. The number of rotatable bonds is 6. The summed E-state index contributed by atoms with van der Waals surface area (Å²) in [7, 11) is 0. The molecule has 0 aliphatic heterocycles. The molecule has 0 amide bonds. The molecule has 18 heavy (non-hydrogen) atoms. The molecular weight excluding hydrogens is 218 g/mol. The Morgan fingerprint density at radius 3 is 2.17 bits per heavy atom. The number of nitrogens with one attached hydrogen (secondary N) is 1. The molecule has 1 heteroatoms. The molecule has 0 radical (unpaired) electrons. The summed E-state index contributed by atoms with van der Waals surface area (Å²) in [6, 6.07) is 21.7. The number of benzene rings is 2. The lowest BCUT2D eigenvalue weighted by Crippen LogP contribution is -2.20. The first kappa shape index (κ1) is 12.8. The highest BCUT2D eigenvalue weighted by atomic mass is 14.9. The van der Waals surface area contributed by atoms with Gasteiger partial charge in [0.05, 0.1) is 0 Å². The highest BCUT2D eigenvalue weighted by Crippen LogP contribution is 2.11. The lowest BCUT2D eigenvalue weighted by atomic mass is 10.1. The van der Waals surface area contributed by atoms with E-state index in [0.717, 1.165) is 13.0 Å². The first-order valence-corrected chi connectivity index (χ1v) is 6.68. The molecule has 0 saturated heterocycles. The molecule has 1 N–H and O–H groups in total. The minimum Gasteiger partial charge on any atom is -0.310 e. The topological polar surface area (TPSA) is 12.0 Å². The quantitative estimate of drug-likeness (QED) is 0.752. The predicted octanol–water partition coefficient (Wildman–Crippen LogP) is 3.97. The third-order valence-electron chi connectivity index (χ3n) is 3.24. The van der Waals surface area contributed by atoms with Crippen LogP contribution in [-0.4, -0.2) is 6.54 Å². The van der Waals surface area contributed by atoms with Crippen LogP contribution in [0.3, 0.4) is 0 Å². The second-order valence-corrected chi connectivity index (χ2v) is 4.68. The van der Waals surface area contributed by atoms with Crippen molar-refractivity contribution in [3.63, 3.8) is 0 Å². The Morgan fingerprint density at radius 2 is 1.50 bits per heavy atom. The van der Waals surface area contributed by atoms with Gasteiger partial charge >= 0.3 is 0 Å². The summed E-state index contributed by atoms with van der Waals surface area (Å²) >= 11 is 0. The Labute approximate surface area is 110 Å². The van der Waals surface area contributed by atoms with E-state index in [2.05, 4.69) is 72.9 Å². The van der Waals surface area contributed by atoms with Gasteiger partial charge in [0.1, 0.15) is 0 Å². The summed E-state index contributed by atoms with van der Waals surface area (Å²) in [5.74, 6) is 0. The van der Waals surface area contributed by atoms with Crippen molar-refractivity contribution in [1.29, 1.82) is 0 Å². The third-order valence-corrected chi connectivity index (χ3v) is 3.24. The van der Waals surface area contributed by atoms with Gasteiger partial charge in [-0.1, -0.05) is 60.7 Å². The highest BCUT2D eigenvalue weighted by Gasteiger charge is 2.02. The summed E-state index contributed by atoms with van der Waals surface area (Å²) < 4.78 is 0. The molecule has 0 bridgehead atoms. The van der Waals surface area contributed by atoms with E-state index in [4.69, 9.17) is 0 Å². The fraction of sp³-hybridized carbons (Fsp3) is 0.294. The zero-order valence-electron chi connectivity index (χ0n) is 11.0. The summed E-state index contributed by atoms with van der Waals surface area (Å²) in [5.41, 5.74) is 2.78. The molecular formula is C17H21N. The Morgan fingerprint density at radius 1 is 0.889 bits per heavy atom. The molecule has 94 valence electrons. The van der Waals surface area contributed by atoms with Gasteiger partial charge in [0.15, 0.2) is 0 Å². The zero-order chi connectivity index (χ0) is 12.6. The molecule has 1 atom stereocenters. The largest absolute Gasteiger partial charge is 0.310 e. The summed E-state index contributed by atoms with van der Waals surface area (Å²) in [6.07, 6.45) is 2.33. The first-order chi connectivity index (χ1) is 8.86. The van der Waals surface area contributed by atoms with E-state index in [-0.39, 0.29) is 0 Å². The van der Waals surface area contributed by atoms with Gasteiger partial charge in [-0.25, -0.2) is 0 Å². The van der Waals surface area contributed by atoms with Crippen LogP contribution in [0.1, 0.15) is 30.5 Å². The molecule has 0 unspecified atom stereocenters. The first-order valence-electron chi connectivity index (χ1n) is 6.68. The molecule has 0 aliphatic rings. The van der Waals surface area contributed by atoms with E-state index in [1.54, 1.807) is 0 Å². The third kappa shape index (κ3) is 4.01. The van der Waals surface area contributed by atoms with E-state index < -0.39 is 0 Å². The summed E-state index contributed by atoms with van der Waals surface area (Å²) in [5, 5.41) is 3.57. The van der Waals surface area contributed by atoms with Gasteiger partial charge in [-0.2, -0.15) is 0 Å². The van der Waals surface area contributed by atoms with Crippen molar-refractivity contribution in [2.45, 2.75) is 25.8 Å². The van der Waals surface area contributed by atoms with E-state index in [9.17, 15) is 0 Å². The van der Waals surface area contributed by atoms with E-state index in [0.29, 0.717) is 6.04 Å². The van der Waals surface area contributed by atoms with Crippen molar-refractivity contribution in [2.75, 3.05) is 6.54 Å². The molecule has 0 saturated carbocycles. The molecule has 0 aliphatic carbocycles. The Hall–Kier alpha value is -1.60. The molecule has 2 aromatic carbocycles. The predicted molar refractivity (Wildman–Crippen MR) is 77.6 cm³/mol. The lowest BCUT2D eigenvalue weighted by molar-refractivity contribution is 0.558. The Balaban J connectivity index is 1.70. The number of hydrogen-bond donors (Lipinski definition) is 1. The van der Waals surface area contributed by atoms with Gasteiger partial charge < -0.3 is 5.32 Å². The monoisotopic (exact) mass is 239 g/mol. The van der Waals surface area contributed by atoms with Crippen molar-refractivity contribution in [3.8, 4) is 0 Å². The van der Waals surface area contributed by atoms with E-state index in [1.165, 1.54) is 17.5 Å². The molecule has 2 aromatic rings. The van der Waals surface area contributed by atoms with Crippen LogP contribution in [0.2, 0.25) is 0 Å². The van der Waals surface area contributed by atoms with Gasteiger partial charge in [0, 0.05) is 6.04 Å². The zero-order valence-corrected chi connectivity index (χ0v) is 11.0. The minimum atomic E-state index is 0.432. The molecule has 0 spiro atoms. The molecule has 1 nitrogen and oxygen atoms in total. The average Bonchev–Trinajstić information content (AvgIpc) is 2.45.